The van der Waals surface area contributed by atoms with E-state index in [-0.39, 0.29) is 23.5 Å². The third kappa shape index (κ3) is 5.71. The number of rotatable bonds is 7. The van der Waals surface area contributed by atoms with E-state index < -0.39 is 0 Å². The molecule has 3 heterocycles. The zero-order valence-corrected chi connectivity index (χ0v) is 18.6. The van der Waals surface area contributed by atoms with Crippen molar-refractivity contribution < 1.29 is 14.0 Å². The Kier molecular flexibility index (Phi) is 7.35. The van der Waals surface area contributed by atoms with Crippen molar-refractivity contribution in [2.75, 3.05) is 39.3 Å². The molecule has 0 unspecified atom stereocenters. The van der Waals surface area contributed by atoms with Gasteiger partial charge in [-0.1, -0.05) is 12.1 Å². The van der Waals surface area contributed by atoms with Crippen molar-refractivity contribution in [1.82, 2.24) is 15.1 Å². The smallest absolute Gasteiger partial charge is 0.263 e. The van der Waals surface area contributed by atoms with Crippen LogP contribution in [0.4, 0.5) is 4.39 Å². The van der Waals surface area contributed by atoms with Crippen molar-refractivity contribution in [3.05, 3.63) is 47.1 Å². The van der Waals surface area contributed by atoms with Gasteiger partial charge < -0.3 is 15.1 Å². The Bertz CT molecular complexity index is 884. The number of hydrogen-bond acceptors (Lipinski definition) is 4. The van der Waals surface area contributed by atoms with Gasteiger partial charge in [-0.05, 0) is 81.6 Å². The molecule has 2 fully saturated rings. The first-order chi connectivity index (χ1) is 15.1. The zero-order chi connectivity index (χ0) is 21.6. The van der Waals surface area contributed by atoms with Gasteiger partial charge in [0.25, 0.3) is 5.91 Å². The Morgan fingerprint density at radius 2 is 1.71 bits per heavy atom. The highest BCUT2D eigenvalue weighted by molar-refractivity contribution is 7.17. The minimum absolute atomic E-state index is 0.00560. The minimum Gasteiger partial charge on any atom is -0.356 e. The highest BCUT2D eigenvalue weighted by Gasteiger charge is 2.28. The number of carbonyl (C=O) groups is 2. The molecule has 1 aromatic carbocycles. The molecular weight excluding hydrogens is 413 g/mol. The number of thiophene rings is 1. The summed E-state index contributed by atoms with van der Waals surface area (Å²) in [7, 11) is 0. The largest absolute Gasteiger partial charge is 0.356 e. The lowest BCUT2D eigenvalue weighted by atomic mass is 9.95. The second-order valence-corrected chi connectivity index (χ2v) is 9.51. The van der Waals surface area contributed by atoms with Crippen LogP contribution in [0.15, 0.2) is 36.4 Å². The summed E-state index contributed by atoms with van der Waals surface area (Å²) in [5, 5.41) is 3.08. The topological polar surface area (TPSA) is 52.7 Å². The number of carbonyl (C=O) groups excluding carboxylic acids is 2. The Hall–Kier alpha value is -2.25. The van der Waals surface area contributed by atoms with E-state index >= 15 is 0 Å². The van der Waals surface area contributed by atoms with E-state index in [0.717, 1.165) is 30.0 Å². The van der Waals surface area contributed by atoms with Crippen LogP contribution in [-0.4, -0.2) is 60.9 Å². The third-order valence-electron chi connectivity index (χ3n) is 6.25. The van der Waals surface area contributed by atoms with E-state index in [2.05, 4.69) is 10.2 Å². The average molecular weight is 444 g/mol. The van der Waals surface area contributed by atoms with E-state index in [1.807, 2.05) is 17.0 Å². The van der Waals surface area contributed by atoms with Crippen LogP contribution in [-0.2, 0) is 4.79 Å². The van der Waals surface area contributed by atoms with Gasteiger partial charge in [-0.25, -0.2) is 4.39 Å². The lowest BCUT2D eigenvalue weighted by Gasteiger charge is -2.31. The van der Waals surface area contributed by atoms with Gasteiger partial charge in [-0.3, -0.25) is 9.59 Å². The van der Waals surface area contributed by atoms with Gasteiger partial charge in [0.05, 0.1) is 4.88 Å². The molecule has 2 aliphatic rings. The number of amides is 2. The summed E-state index contributed by atoms with van der Waals surface area (Å²) in [6.07, 6.45) is 5.00. The maximum absolute atomic E-state index is 13.1. The summed E-state index contributed by atoms with van der Waals surface area (Å²) < 4.78 is 13.1. The summed E-state index contributed by atoms with van der Waals surface area (Å²) in [5.74, 6) is -0.130. The molecular formula is C24H30FN3O2S. The molecule has 1 aromatic heterocycles. The number of halogens is 1. The van der Waals surface area contributed by atoms with Crippen molar-refractivity contribution in [2.24, 2.45) is 5.92 Å². The Morgan fingerprint density at radius 1 is 1.00 bits per heavy atom. The standard InChI is InChI=1S/C24H30FN3O2S/c25-20-6-4-18(5-7-20)21-8-9-22(31-21)24(30)28-16-10-19(11-17-28)23(29)26-12-3-15-27-13-1-2-14-27/h4-9,19H,1-3,10-17H2,(H,26,29). The van der Waals surface area contributed by atoms with Crippen molar-refractivity contribution in [3.8, 4) is 10.4 Å². The van der Waals surface area contributed by atoms with Crippen LogP contribution in [0, 0.1) is 11.7 Å². The van der Waals surface area contributed by atoms with Crippen LogP contribution in [0.3, 0.4) is 0 Å². The summed E-state index contributed by atoms with van der Waals surface area (Å²) in [6.45, 7) is 5.39. The molecule has 2 amide bonds. The van der Waals surface area contributed by atoms with Gasteiger partial charge >= 0.3 is 0 Å². The van der Waals surface area contributed by atoms with Gasteiger partial charge in [0.2, 0.25) is 5.91 Å². The van der Waals surface area contributed by atoms with E-state index in [0.29, 0.717) is 30.8 Å². The van der Waals surface area contributed by atoms with Crippen molar-refractivity contribution >= 4 is 23.2 Å². The quantitative estimate of drug-likeness (QED) is 0.658. The second kappa shape index (κ2) is 10.4. The number of nitrogens with zero attached hydrogens (tertiary/aromatic N) is 2. The number of hydrogen-bond donors (Lipinski definition) is 1. The van der Waals surface area contributed by atoms with E-state index in [9.17, 15) is 14.0 Å². The predicted molar refractivity (Wildman–Crippen MR) is 122 cm³/mol. The molecule has 0 spiro atoms. The van der Waals surface area contributed by atoms with Gasteiger partial charge in [-0.15, -0.1) is 11.3 Å². The Morgan fingerprint density at radius 3 is 2.42 bits per heavy atom. The van der Waals surface area contributed by atoms with Crippen molar-refractivity contribution in [3.63, 3.8) is 0 Å². The highest BCUT2D eigenvalue weighted by Crippen LogP contribution is 2.30. The van der Waals surface area contributed by atoms with E-state index in [4.69, 9.17) is 0 Å². The minimum atomic E-state index is -0.268. The lowest BCUT2D eigenvalue weighted by Crippen LogP contribution is -2.43. The molecule has 0 atom stereocenters. The number of piperidine rings is 1. The lowest BCUT2D eigenvalue weighted by molar-refractivity contribution is -0.126. The summed E-state index contributed by atoms with van der Waals surface area (Å²) in [6, 6.07) is 10.1. The molecule has 7 heteroatoms. The third-order valence-corrected chi connectivity index (χ3v) is 7.37. The first kappa shape index (κ1) is 22.0. The van der Waals surface area contributed by atoms with Crippen LogP contribution in [0.2, 0.25) is 0 Å². The number of nitrogens with one attached hydrogen (secondary N) is 1. The summed E-state index contributed by atoms with van der Waals surface area (Å²) in [5.41, 5.74) is 0.908. The summed E-state index contributed by atoms with van der Waals surface area (Å²) in [4.78, 5) is 31.3. The first-order valence-electron chi connectivity index (χ1n) is 11.3. The number of benzene rings is 1. The maximum atomic E-state index is 13.1. The second-order valence-electron chi connectivity index (χ2n) is 8.43. The van der Waals surface area contributed by atoms with Gasteiger partial charge in [0, 0.05) is 30.4 Å². The fourth-order valence-electron chi connectivity index (χ4n) is 4.39. The first-order valence-corrected chi connectivity index (χ1v) is 12.1. The van der Waals surface area contributed by atoms with E-state index in [1.165, 1.54) is 49.4 Å². The average Bonchev–Trinajstić information content (AvgIpc) is 3.49. The van der Waals surface area contributed by atoms with Gasteiger partial charge in [0.1, 0.15) is 5.82 Å². The molecule has 0 aliphatic carbocycles. The Labute approximate surface area is 187 Å². The SMILES string of the molecule is O=C(NCCCN1CCCC1)C1CCN(C(=O)c2ccc(-c3ccc(F)cc3)s2)CC1. The maximum Gasteiger partial charge on any atom is 0.263 e. The van der Waals surface area contributed by atoms with Gasteiger partial charge in [0.15, 0.2) is 0 Å². The molecule has 2 aliphatic heterocycles. The van der Waals surface area contributed by atoms with Crippen LogP contribution in [0.5, 0.6) is 0 Å². The van der Waals surface area contributed by atoms with Crippen LogP contribution < -0.4 is 5.32 Å². The van der Waals surface area contributed by atoms with Crippen LogP contribution in [0.1, 0.15) is 41.8 Å². The molecule has 166 valence electrons. The normalized spacial score (nSPS) is 17.8. The fraction of sp³-hybridized carbons (Fsp3) is 0.500. The highest BCUT2D eigenvalue weighted by atomic mass is 32.1. The van der Waals surface area contributed by atoms with Crippen molar-refractivity contribution in [1.29, 1.82) is 0 Å². The molecule has 5 nitrogen and oxygen atoms in total. The summed E-state index contributed by atoms with van der Waals surface area (Å²) >= 11 is 1.43. The fourth-order valence-corrected chi connectivity index (χ4v) is 5.37. The molecule has 0 bridgehead atoms. The molecule has 2 saturated heterocycles. The monoisotopic (exact) mass is 443 g/mol. The number of likely N-dealkylation sites (tertiary alicyclic amines) is 2. The van der Waals surface area contributed by atoms with Crippen molar-refractivity contribution in [2.45, 2.75) is 32.1 Å². The molecule has 0 saturated carbocycles. The molecule has 0 radical (unpaired) electrons. The van der Waals surface area contributed by atoms with Crippen LogP contribution in [0.25, 0.3) is 10.4 Å². The van der Waals surface area contributed by atoms with Crippen LogP contribution >= 0.6 is 11.3 Å². The molecule has 1 N–H and O–H groups in total. The molecule has 31 heavy (non-hydrogen) atoms. The molecule has 4 rings (SSSR count). The Balaban J connectivity index is 1.21. The van der Waals surface area contributed by atoms with E-state index in [1.54, 1.807) is 12.1 Å². The molecule has 2 aromatic rings. The predicted octanol–water partition coefficient (Wildman–Crippen LogP) is 4.01. The zero-order valence-electron chi connectivity index (χ0n) is 17.8. The van der Waals surface area contributed by atoms with Gasteiger partial charge in [-0.2, -0.15) is 0 Å².